The third-order valence-corrected chi connectivity index (χ3v) is 4.52. The maximum atomic E-state index is 5.98. The van der Waals surface area contributed by atoms with E-state index >= 15 is 0 Å². The van der Waals surface area contributed by atoms with Crippen LogP contribution in [-0.4, -0.2) is 49.1 Å². The van der Waals surface area contributed by atoms with Crippen molar-refractivity contribution in [2.75, 3.05) is 33.2 Å². The predicted octanol–water partition coefficient (Wildman–Crippen LogP) is 2.26. The molecule has 1 fully saturated rings. The third kappa shape index (κ3) is 3.43. The van der Waals surface area contributed by atoms with E-state index in [2.05, 4.69) is 42.8 Å². The Balaban J connectivity index is 1.99. The average molecular weight is 279 g/mol. The number of furan rings is 1. The van der Waals surface area contributed by atoms with Gasteiger partial charge in [0.25, 0.3) is 0 Å². The Labute approximate surface area is 122 Å². The fourth-order valence-electron chi connectivity index (χ4n) is 3.25. The van der Waals surface area contributed by atoms with E-state index in [0.717, 1.165) is 31.0 Å². The highest BCUT2D eigenvalue weighted by Gasteiger charge is 2.27. The minimum absolute atomic E-state index is 0.189. The molecule has 2 heterocycles. The summed E-state index contributed by atoms with van der Waals surface area (Å²) in [5, 5.41) is 0. The van der Waals surface area contributed by atoms with Gasteiger partial charge in [0.15, 0.2) is 0 Å². The van der Waals surface area contributed by atoms with Gasteiger partial charge in [-0.1, -0.05) is 13.8 Å². The van der Waals surface area contributed by atoms with Gasteiger partial charge in [-0.05, 0) is 45.1 Å². The first-order valence-corrected chi connectivity index (χ1v) is 7.92. The smallest absolute Gasteiger partial charge is 0.122 e. The minimum atomic E-state index is 0.189. The standard InChI is InChI=1S/C16H29N3O/c1-4-14-8-9-16(20-14)15(11-17)18(3)12-13-7-6-10-19(13)5-2/h8-9,13,15H,4-7,10-12,17H2,1-3H3. The minimum Gasteiger partial charge on any atom is -0.464 e. The number of rotatable bonds is 7. The summed E-state index contributed by atoms with van der Waals surface area (Å²) in [6.45, 7) is 8.42. The van der Waals surface area contributed by atoms with Gasteiger partial charge in [-0.2, -0.15) is 0 Å². The van der Waals surface area contributed by atoms with Crippen LogP contribution in [0.4, 0.5) is 0 Å². The number of likely N-dealkylation sites (tertiary alicyclic amines) is 1. The van der Waals surface area contributed by atoms with E-state index in [-0.39, 0.29) is 6.04 Å². The SMILES string of the molecule is CCc1ccc(C(CN)N(C)CC2CCCN2CC)o1. The average Bonchev–Trinajstić information content (AvgIpc) is 3.08. The first-order chi connectivity index (χ1) is 9.69. The molecule has 1 aromatic heterocycles. The van der Waals surface area contributed by atoms with Crippen LogP contribution in [0.15, 0.2) is 16.5 Å². The fourth-order valence-corrected chi connectivity index (χ4v) is 3.25. The highest BCUT2D eigenvalue weighted by atomic mass is 16.3. The summed E-state index contributed by atoms with van der Waals surface area (Å²) >= 11 is 0. The van der Waals surface area contributed by atoms with Crippen molar-refractivity contribution in [3.63, 3.8) is 0 Å². The highest BCUT2D eigenvalue weighted by molar-refractivity contribution is 5.11. The number of nitrogens with zero attached hydrogens (tertiary/aromatic N) is 2. The van der Waals surface area contributed by atoms with Crippen LogP contribution in [0.2, 0.25) is 0 Å². The fraction of sp³-hybridized carbons (Fsp3) is 0.750. The van der Waals surface area contributed by atoms with Crippen LogP contribution in [-0.2, 0) is 6.42 Å². The van der Waals surface area contributed by atoms with E-state index in [0.29, 0.717) is 12.6 Å². The van der Waals surface area contributed by atoms with Crippen molar-refractivity contribution in [2.24, 2.45) is 5.73 Å². The summed E-state index contributed by atoms with van der Waals surface area (Å²) in [6.07, 6.45) is 3.56. The molecule has 0 spiro atoms. The zero-order valence-corrected chi connectivity index (χ0v) is 13.1. The van der Waals surface area contributed by atoms with Gasteiger partial charge in [0.2, 0.25) is 0 Å². The molecule has 1 aromatic rings. The van der Waals surface area contributed by atoms with Gasteiger partial charge in [0.05, 0.1) is 6.04 Å². The van der Waals surface area contributed by atoms with Crippen molar-refractivity contribution in [2.45, 2.75) is 45.2 Å². The topological polar surface area (TPSA) is 45.6 Å². The summed E-state index contributed by atoms with van der Waals surface area (Å²) in [7, 11) is 2.16. The largest absolute Gasteiger partial charge is 0.464 e. The molecule has 0 aliphatic carbocycles. The lowest BCUT2D eigenvalue weighted by atomic mass is 10.1. The molecular formula is C16H29N3O. The molecule has 4 nitrogen and oxygen atoms in total. The Morgan fingerprint density at radius 2 is 2.25 bits per heavy atom. The van der Waals surface area contributed by atoms with E-state index < -0.39 is 0 Å². The molecule has 4 heteroatoms. The predicted molar refractivity (Wildman–Crippen MR) is 82.8 cm³/mol. The van der Waals surface area contributed by atoms with Crippen LogP contribution >= 0.6 is 0 Å². The lowest BCUT2D eigenvalue weighted by Crippen LogP contribution is -2.41. The molecule has 1 saturated heterocycles. The number of hydrogen-bond acceptors (Lipinski definition) is 4. The molecule has 114 valence electrons. The maximum absolute atomic E-state index is 5.98. The Kier molecular flexibility index (Phi) is 5.64. The molecule has 0 radical (unpaired) electrons. The van der Waals surface area contributed by atoms with Crippen LogP contribution < -0.4 is 5.73 Å². The lowest BCUT2D eigenvalue weighted by molar-refractivity contribution is 0.153. The first-order valence-electron chi connectivity index (χ1n) is 7.92. The second-order valence-corrected chi connectivity index (χ2v) is 5.77. The van der Waals surface area contributed by atoms with Gasteiger partial charge < -0.3 is 10.2 Å². The van der Waals surface area contributed by atoms with Crippen molar-refractivity contribution in [1.29, 1.82) is 0 Å². The molecule has 2 N–H and O–H groups in total. The summed E-state index contributed by atoms with van der Waals surface area (Å²) < 4.78 is 5.89. The molecular weight excluding hydrogens is 250 g/mol. The van der Waals surface area contributed by atoms with E-state index in [1.165, 1.54) is 19.4 Å². The molecule has 2 atom stereocenters. The van der Waals surface area contributed by atoms with Crippen molar-refractivity contribution in [3.8, 4) is 0 Å². The van der Waals surface area contributed by atoms with Crippen LogP contribution in [0.1, 0.15) is 44.3 Å². The molecule has 0 aromatic carbocycles. The van der Waals surface area contributed by atoms with E-state index in [1.54, 1.807) is 0 Å². The van der Waals surface area contributed by atoms with Gasteiger partial charge in [0.1, 0.15) is 11.5 Å². The zero-order chi connectivity index (χ0) is 14.5. The molecule has 2 rings (SSSR count). The summed E-state index contributed by atoms with van der Waals surface area (Å²) in [5.41, 5.74) is 5.98. The molecule has 1 aliphatic heterocycles. The molecule has 0 amide bonds. The quantitative estimate of drug-likeness (QED) is 0.831. The van der Waals surface area contributed by atoms with E-state index in [4.69, 9.17) is 10.2 Å². The normalized spacial score (nSPS) is 21.8. The van der Waals surface area contributed by atoms with Crippen molar-refractivity contribution < 1.29 is 4.42 Å². The number of hydrogen-bond donors (Lipinski definition) is 1. The maximum Gasteiger partial charge on any atom is 0.122 e. The zero-order valence-electron chi connectivity index (χ0n) is 13.1. The Morgan fingerprint density at radius 3 is 2.85 bits per heavy atom. The second kappa shape index (κ2) is 7.25. The van der Waals surface area contributed by atoms with E-state index in [1.807, 2.05) is 0 Å². The van der Waals surface area contributed by atoms with Gasteiger partial charge in [-0.15, -0.1) is 0 Å². The first kappa shape index (κ1) is 15.5. The number of likely N-dealkylation sites (N-methyl/N-ethyl adjacent to an activating group) is 2. The van der Waals surface area contributed by atoms with Crippen LogP contribution in [0, 0.1) is 0 Å². The van der Waals surface area contributed by atoms with Gasteiger partial charge in [0, 0.05) is 25.6 Å². The monoisotopic (exact) mass is 279 g/mol. The van der Waals surface area contributed by atoms with Crippen LogP contribution in [0.25, 0.3) is 0 Å². The number of nitrogens with two attached hydrogens (primary N) is 1. The van der Waals surface area contributed by atoms with Crippen LogP contribution in [0.3, 0.4) is 0 Å². The van der Waals surface area contributed by atoms with Gasteiger partial charge in [-0.3, -0.25) is 9.80 Å². The van der Waals surface area contributed by atoms with Crippen LogP contribution in [0.5, 0.6) is 0 Å². The summed E-state index contributed by atoms with van der Waals surface area (Å²) in [5.74, 6) is 2.05. The van der Waals surface area contributed by atoms with Crippen molar-refractivity contribution in [3.05, 3.63) is 23.7 Å². The molecule has 2 unspecified atom stereocenters. The van der Waals surface area contributed by atoms with Crippen molar-refractivity contribution in [1.82, 2.24) is 9.80 Å². The summed E-state index contributed by atoms with van der Waals surface area (Å²) in [4.78, 5) is 4.93. The number of aryl methyl sites for hydroxylation is 1. The molecule has 1 aliphatic rings. The molecule has 20 heavy (non-hydrogen) atoms. The molecule has 0 bridgehead atoms. The Morgan fingerprint density at radius 1 is 1.45 bits per heavy atom. The van der Waals surface area contributed by atoms with Gasteiger partial charge >= 0.3 is 0 Å². The second-order valence-electron chi connectivity index (χ2n) is 5.77. The van der Waals surface area contributed by atoms with Gasteiger partial charge in [-0.25, -0.2) is 0 Å². The van der Waals surface area contributed by atoms with E-state index in [9.17, 15) is 0 Å². The Bertz CT molecular complexity index is 404. The Hall–Kier alpha value is -0.840. The highest BCUT2D eigenvalue weighted by Crippen LogP contribution is 2.24. The molecule has 0 saturated carbocycles. The third-order valence-electron chi connectivity index (χ3n) is 4.52. The lowest BCUT2D eigenvalue weighted by Gasteiger charge is -2.31. The summed E-state index contributed by atoms with van der Waals surface area (Å²) in [6, 6.07) is 5.01. The van der Waals surface area contributed by atoms with Crippen molar-refractivity contribution >= 4 is 0 Å².